The maximum Gasteiger partial charge on any atom is 0.269 e. The van der Waals surface area contributed by atoms with Crippen LogP contribution in [0.4, 0.5) is 0 Å². The summed E-state index contributed by atoms with van der Waals surface area (Å²) in [6, 6.07) is 14.2. The van der Waals surface area contributed by atoms with E-state index < -0.39 is 0 Å². The van der Waals surface area contributed by atoms with Crippen molar-refractivity contribution >= 4 is 23.4 Å². The SMILES string of the molecule is O=C(NNC(=O)C1CC1)c1cccc(OCc2cccc(Cl)c2)c1. The van der Waals surface area contributed by atoms with Crippen LogP contribution in [0.25, 0.3) is 0 Å². The number of carbonyl (C=O) groups excluding carboxylic acids is 2. The molecule has 3 rings (SSSR count). The van der Waals surface area contributed by atoms with Crippen molar-refractivity contribution in [2.75, 3.05) is 0 Å². The predicted octanol–water partition coefficient (Wildman–Crippen LogP) is 3.09. The van der Waals surface area contributed by atoms with Crippen molar-refractivity contribution in [1.82, 2.24) is 10.9 Å². The highest BCUT2D eigenvalue weighted by molar-refractivity contribution is 6.30. The molecular formula is C18H17ClN2O3. The number of nitrogens with one attached hydrogen (secondary N) is 2. The van der Waals surface area contributed by atoms with Crippen LogP contribution in [-0.4, -0.2) is 11.8 Å². The van der Waals surface area contributed by atoms with Crippen molar-refractivity contribution in [1.29, 1.82) is 0 Å². The fourth-order valence-corrected chi connectivity index (χ4v) is 2.37. The van der Waals surface area contributed by atoms with E-state index in [1.807, 2.05) is 18.2 Å². The average molecular weight is 345 g/mol. The Hall–Kier alpha value is -2.53. The number of ether oxygens (including phenoxy) is 1. The van der Waals surface area contributed by atoms with Crippen LogP contribution in [0.3, 0.4) is 0 Å². The number of rotatable bonds is 5. The summed E-state index contributed by atoms with van der Waals surface area (Å²) in [5.41, 5.74) is 6.20. The highest BCUT2D eigenvalue weighted by atomic mass is 35.5. The summed E-state index contributed by atoms with van der Waals surface area (Å²) < 4.78 is 5.69. The zero-order valence-electron chi connectivity index (χ0n) is 12.9. The molecule has 2 aromatic carbocycles. The first-order valence-electron chi connectivity index (χ1n) is 7.69. The molecule has 2 N–H and O–H groups in total. The van der Waals surface area contributed by atoms with Crippen LogP contribution >= 0.6 is 11.6 Å². The van der Waals surface area contributed by atoms with E-state index in [1.54, 1.807) is 30.3 Å². The molecule has 0 unspecified atom stereocenters. The summed E-state index contributed by atoms with van der Waals surface area (Å²) in [7, 11) is 0. The van der Waals surface area contributed by atoms with E-state index in [4.69, 9.17) is 16.3 Å². The second kappa shape index (κ2) is 7.36. The maximum absolute atomic E-state index is 12.1. The van der Waals surface area contributed by atoms with E-state index >= 15 is 0 Å². The number of hydrazine groups is 1. The Kier molecular flexibility index (Phi) is 5.01. The molecule has 1 aliphatic rings. The molecule has 24 heavy (non-hydrogen) atoms. The minimum Gasteiger partial charge on any atom is -0.489 e. The zero-order valence-corrected chi connectivity index (χ0v) is 13.7. The van der Waals surface area contributed by atoms with Crippen molar-refractivity contribution in [3.8, 4) is 5.75 Å². The first-order valence-corrected chi connectivity index (χ1v) is 8.07. The van der Waals surface area contributed by atoms with E-state index in [2.05, 4.69) is 10.9 Å². The molecule has 0 aromatic heterocycles. The quantitative estimate of drug-likeness (QED) is 0.819. The molecular weight excluding hydrogens is 328 g/mol. The summed E-state index contributed by atoms with van der Waals surface area (Å²) in [6.07, 6.45) is 1.77. The molecule has 124 valence electrons. The van der Waals surface area contributed by atoms with Gasteiger partial charge in [0.2, 0.25) is 5.91 Å². The van der Waals surface area contributed by atoms with Gasteiger partial charge in [0.25, 0.3) is 5.91 Å². The van der Waals surface area contributed by atoms with Gasteiger partial charge >= 0.3 is 0 Å². The van der Waals surface area contributed by atoms with Crippen molar-refractivity contribution in [2.24, 2.45) is 5.92 Å². The van der Waals surface area contributed by atoms with Gasteiger partial charge in [0.05, 0.1) is 0 Å². The van der Waals surface area contributed by atoms with E-state index in [9.17, 15) is 9.59 Å². The summed E-state index contributed by atoms with van der Waals surface area (Å²) in [4.78, 5) is 23.6. The molecule has 0 saturated heterocycles. The summed E-state index contributed by atoms with van der Waals surface area (Å²) in [5.74, 6) is 0.0859. The van der Waals surface area contributed by atoms with Gasteiger partial charge in [-0.25, -0.2) is 0 Å². The largest absolute Gasteiger partial charge is 0.489 e. The van der Waals surface area contributed by atoms with Gasteiger partial charge in [-0.15, -0.1) is 0 Å². The number of hydrogen-bond donors (Lipinski definition) is 2. The molecule has 2 aromatic rings. The molecule has 0 atom stereocenters. The third-order valence-electron chi connectivity index (χ3n) is 3.64. The molecule has 5 nitrogen and oxygen atoms in total. The lowest BCUT2D eigenvalue weighted by molar-refractivity contribution is -0.123. The molecule has 6 heteroatoms. The lowest BCUT2D eigenvalue weighted by Gasteiger charge is -2.09. The number of carbonyl (C=O) groups is 2. The number of halogens is 1. The van der Waals surface area contributed by atoms with Crippen LogP contribution in [0.15, 0.2) is 48.5 Å². The number of hydrogen-bond acceptors (Lipinski definition) is 3. The van der Waals surface area contributed by atoms with E-state index in [-0.39, 0.29) is 17.7 Å². The molecule has 1 aliphatic carbocycles. The van der Waals surface area contributed by atoms with Crippen molar-refractivity contribution < 1.29 is 14.3 Å². The highest BCUT2D eigenvalue weighted by Gasteiger charge is 2.29. The van der Waals surface area contributed by atoms with Gasteiger partial charge in [-0.05, 0) is 48.7 Å². The summed E-state index contributed by atoms with van der Waals surface area (Å²) in [5, 5.41) is 0.649. The molecule has 2 amide bonds. The summed E-state index contributed by atoms with van der Waals surface area (Å²) >= 11 is 5.94. The van der Waals surface area contributed by atoms with Crippen LogP contribution in [0.5, 0.6) is 5.75 Å². The van der Waals surface area contributed by atoms with E-state index in [0.717, 1.165) is 18.4 Å². The fraction of sp³-hybridized carbons (Fsp3) is 0.222. The van der Waals surface area contributed by atoms with Crippen LogP contribution in [0, 0.1) is 5.92 Å². The molecule has 0 aliphatic heterocycles. The highest BCUT2D eigenvalue weighted by Crippen LogP contribution is 2.28. The van der Waals surface area contributed by atoms with Gasteiger partial charge in [0, 0.05) is 16.5 Å². The molecule has 0 spiro atoms. The van der Waals surface area contributed by atoms with Gasteiger partial charge < -0.3 is 4.74 Å². The Morgan fingerprint density at radius 2 is 1.88 bits per heavy atom. The van der Waals surface area contributed by atoms with Crippen LogP contribution in [0.1, 0.15) is 28.8 Å². The second-order valence-corrected chi connectivity index (χ2v) is 6.10. The monoisotopic (exact) mass is 344 g/mol. The van der Waals surface area contributed by atoms with Crippen LogP contribution in [0.2, 0.25) is 5.02 Å². The molecule has 1 fully saturated rings. The van der Waals surface area contributed by atoms with E-state index in [0.29, 0.717) is 22.9 Å². The fourth-order valence-electron chi connectivity index (χ4n) is 2.16. The Bertz CT molecular complexity index is 759. The van der Waals surface area contributed by atoms with Crippen molar-refractivity contribution in [3.63, 3.8) is 0 Å². The lowest BCUT2D eigenvalue weighted by Crippen LogP contribution is -2.42. The Morgan fingerprint density at radius 3 is 2.62 bits per heavy atom. The average Bonchev–Trinajstić information content (AvgIpc) is 3.43. The molecule has 0 radical (unpaired) electrons. The van der Waals surface area contributed by atoms with Crippen LogP contribution < -0.4 is 15.6 Å². The zero-order chi connectivity index (χ0) is 16.9. The number of benzene rings is 2. The molecule has 0 bridgehead atoms. The Labute approximate surface area is 144 Å². The first kappa shape index (κ1) is 16.3. The standard InChI is InChI=1S/C18H17ClN2O3/c19-15-5-1-3-12(9-15)11-24-16-6-2-4-14(10-16)18(23)21-20-17(22)13-7-8-13/h1-6,9-10,13H,7-8,11H2,(H,20,22)(H,21,23). The first-order chi connectivity index (χ1) is 11.6. The Balaban J connectivity index is 1.56. The smallest absolute Gasteiger partial charge is 0.269 e. The topological polar surface area (TPSA) is 67.4 Å². The molecule has 1 saturated carbocycles. The predicted molar refractivity (Wildman–Crippen MR) is 90.6 cm³/mol. The Morgan fingerprint density at radius 1 is 1.08 bits per heavy atom. The third kappa shape index (κ3) is 4.49. The molecule has 0 heterocycles. The van der Waals surface area contributed by atoms with Crippen molar-refractivity contribution in [2.45, 2.75) is 19.4 Å². The van der Waals surface area contributed by atoms with Gasteiger partial charge in [0.1, 0.15) is 12.4 Å². The normalized spacial score (nSPS) is 13.2. The van der Waals surface area contributed by atoms with Gasteiger partial charge in [-0.2, -0.15) is 0 Å². The number of amides is 2. The van der Waals surface area contributed by atoms with Gasteiger partial charge in [-0.1, -0.05) is 29.8 Å². The maximum atomic E-state index is 12.1. The minimum atomic E-state index is -0.378. The van der Waals surface area contributed by atoms with E-state index in [1.165, 1.54) is 0 Å². The second-order valence-electron chi connectivity index (χ2n) is 5.66. The lowest BCUT2D eigenvalue weighted by atomic mass is 10.2. The van der Waals surface area contributed by atoms with Gasteiger partial charge in [-0.3, -0.25) is 20.4 Å². The van der Waals surface area contributed by atoms with Gasteiger partial charge in [0.15, 0.2) is 0 Å². The van der Waals surface area contributed by atoms with Crippen LogP contribution in [-0.2, 0) is 11.4 Å². The minimum absolute atomic E-state index is 0.0395. The van der Waals surface area contributed by atoms with Crippen molar-refractivity contribution in [3.05, 3.63) is 64.7 Å². The third-order valence-corrected chi connectivity index (χ3v) is 3.87. The summed E-state index contributed by atoms with van der Waals surface area (Å²) in [6.45, 7) is 0.351.